The van der Waals surface area contributed by atoms with Crippen molar-refractivity contribution in [3.05, 3.63) is 89.0 Å². The summed E-state index contributed by atoms with van der Waals surface area (Å²) in [6, 6.07) is 10.7. The van der Waals surface area contributed by atoms with Gasteiger partial charge in [-0.05, 0) is 59.8 Å². The van der Waals surface area contributed by atoms with Crippen molar-refractivity contribution < 1.29 is 52.1 Å². The number of aromatic nitrogens is 8. The monoisotopic (exact) mass is 972 g/mol. The standard InChI is InChI=1S/C37H42N12O12P2S2/c1-2-11-56-20-9-5-19(6-10-20)36(53)59-21-7-3-18(4-8-21)14-65-63(55)47-25-22(60-35(29(25)51)49-17-43-27-32(49)44-37(39)45-33(27)52)12-57-62(54,64)46-24-23(13-58-63)61-34(28(24)50)48-16-42-26-30(38)40-15-41-31(26)48/h3-10,15-17,22-25,28-29,34-35,50-51H,2,11-14H2,1H3,(H,47,55)(H2,38,40,41)(H2,46,54,64)(H3,39,44,45,52)/t22-,23-,24+,25-,28-,29-,34-,35-,62-,63+/m1/s1. The summed E-state index contributed by atoms with van der Waals surface area (Å²) in [7, 11) is 0. The molecule has 3 aliphatic heterocycles. The maximum atomic E-state index is 15.2. The van der Waals surface area contributed by atoms with E-state index in [9.17, 15) is 24.4 Å². The molecule has 3 aliphatic rings. The second kappa shape index (κ2) is 18.4. The number of rotatable bonds is 10. The molecule has 28 heteroatoms. The zero-order valence-electron chi connectivity index (χ0n) is 34.0. The number of hydrogen-bond donors (Lipinski definition) is 8. The van der Waals surface area contributed by atoms with Crippen LogP contribution in [0, 0.1) is 0 Å². The number of thiol groups is 1. The van der Waals surface area contributed by atoms with Crippen LogP contribution in [0.4, 0.5) is 11.8 Å². The molecule has 9 rings (SSSR count). The van der Waals surface area contributed by atoms with Crippen LogP contribution < -0.4 is 36.7 Å². The maximum Gasteiger partial charge on any atom is 0.343 e. The number of anilines is 2. The Morgan fingerprint density at radius 2 is 1.51 bits per heavy atom. The van der Waals surface area contributed by atoms with Gasteiger partial charge in [-0.15, -0.1) is 0 Å². The molecule has 10 atom stereocenters. The van der Waals surface area contributed by atoms with E-state index in [-0.39, 0.29) is 45.6 Å². The topological polar surface area (TPSA) is 330 Å². The van der Waals surface area contributed by atoms with Crippen LogP contribution in [0.5, 0.6) is 11.5 Å². The summed E-state index contributed by atoms with van der Waals surface area (Å²) in [5, 5.41) is 29.4. The molecular weight excluding hydrogens is 931 g/mol. The molecule has 0 saturated carbocycles. The Hall–Kier alpha value is -4.95. The molecule has 9 N–H and O–H groups in total. The number of carbonyl (C=O) groups excluding carboxylic acids is 1. The number of nitrogens with zero attached hydrogens (tertiary/aromatic N) is 7. The van der Waals surface area contributed by atoms with E-state index in [0.717, 1.165) is 17.8 Å². The fourth-order valence-electron chi connectivity index (χ4n) is 7.49. The SMILES string of the molecule is CCCOc1ccc(C(=O)Oc2ccc(CS[P@]3(=O)N[C@H]4[C@@H](O)[C@H](n5cnc6c(=O)[nH]c(N)nc65)O[C@@H]4CO[P@@](=O)(S)N[C@@H]4[C@@H](O)[C@H](n5cnc6c(N)ncnc65)O[C@@H]4CO3)cc2)cc1. The third-order valence-electron chi connectivity index (χ3n) is 10.7. The van der Waals surface area contributed by atoms with Crippen molar-refractivity contribution in [3.63, 3.8) is 0 Å². The van der Waals surface area contributed by atoms with E-state index in [1.807, 2.05) is 6.92 Å². The van der Waals surface area contributed by atoms with Gasteiger partial charge in [0.15, 0.2) is 35.1 Å². The van der Waals surface area contributed by atoms with Crippen LogP contribution in [0.15, 0.2) is 72.3 Å². The second-order valence-corrected chi connectivity index (χ2v) is 22.5. The highest BCUT2D eigenvalue weighted by molar-refractivity contribution is 8.55. The van der Waals surface area contributed by atoms with Crippen molar-refractivity contribution in [1.82, 2.24) is 49.2 Å². The number of ether oxygens (including phenoxy) is 4. The number of nitrogens with one attached hydrogen (secondary N) is 3. The first-order valence-electron chi connectivity index (χ1n) is 20.0. The summed E-state index contributed by atoms with van der Waals surface area (Å²) in [5.41, 5.74) is 12.6. The van der Waals surface area contributed by atoms with Crippen molar-refractivity contribution in [1.29, 1.82) is 0 Å². The minimum Gasteiger partial charge on any atom is -0.494 e. The fraction of sp³-hybridized carbons (Fsp3) is 0.378. The van der Waals surface area contributed by atoms with Crippen LogP contribution in [0.1, 0.15) is 41.7 Å². The van der Waals surface area contributed by atoms with Gasteiger partial charge in [-0.3, -0.25) is 28.0 Å². The number of fused-ring (bicyclic) bond motifs is 4. The van der Waals surface area contributed by atoms with E-state index in [1.165, 1.54) is 28.1 Å². The average molecular weight is 973 g/mol. The molecule has 3 fully saturated rings. The highest BCUT2D eigenvalue weighted by Crippen LogP contribution is 2.60. The molecule has 2 aromatic carbocycles. The number of aromatic amines is 1. The molecular formula is C37H42N12O12P2S2. The molecule has 4 aromatic heterocycles. The van der Waals surface area contributed by atoms with Gasteiger partial charge in [0.1, 0.15) is 47.8 Å². The van der Waals surface area contributed by atoms with Gasteiger partial charge >= 0.3 is 19.4 Å². The summed E-state index contributed by atoms with van der Waals surface area (Å²) in [6.07, 6.45) is -3.22. The predicted molar refractivity (Wildman–Crippen MR) is 237 cm³/mol. The van der Waals surface area contributed by atoms with Crippen LogP contribution in [-0.4, -0.2) is 112 Å². The van der Waals surface area contributed by atoms with E-state index in [1.54, 1.807) is 48.5 Å². The summed E-state index contributed by atoms with van der Waals surface area (Å²) < 4.78 is 67.7. The van der Waals surface area contributed by atoms with Gasteiger partial charge in [-0.25, -0.2) is 34.9 Å². The smallest absolute Gasteiger partial charge is 0.343 e. The van der Waals surface area contributed by atoms with E-state index < -0.39 is 87.1 Å². The lowest BCUT2D eigenvalue weighted by Crippen LogP contribution is -2.47. The number of hydrogen-bond acceptors (Lipinski definition) is 20. The third kappa shape index (κ3) is 9.39. The van der Waals surface area contributed by atoms with E-state index in [4.69, 9.17) is 39.5 Å². The summed E-state index contributed by atoms with van der Waals surface area (Å²) in [4.78, 5) is 48.6. The normalized spacial score (nSPS) is 29.5. The minimum absolute atomic E-state index is 0.0127. The quantitative estimate of drug-likeness (QED) is 0.0423. The highest BCUT2D eigenvalue weighted by atomic mass is 32.7. The molecule has 0 spiro atoms. The number of H-pyrrole nitrogens is 1. The number of aliphatic hydroxyl groups excluding tert-OH is 2. The average Bonchev–Trinajstić information content (AvgIpc) is 4.05. The van der Waals surface area contributed by atoms with E-state index >= 15 is 4.57 Å². The number of esters is 1. The lowest BCUT2D eigenvalue weighted by atomic mass is 10.1. The summed E-state index contributed by atoms with van der Waals surface area (Å²) in [5.74, 6) is 0.267. The largest absolute Gasteiger partial charge is 0.494 e. The van der Waals surface area contributed by atoms with Crippen molar-refractivity contribution in [2.45, 2.75) is 68.1 Å². The Kier molecular flexibility index (Phi) is 12.8. The Balaban J connectivity index is 0.982. The first-order chi connectivity index (χ1) is 31.2. The Labute approximate surface area is 377 Å². The number of benzene rings is 2. The molecule has 0 bridgehead atoms. The first kappa shape index (κ1) is 45.2. The summed E-state index contributed by atoms with van der Waals surface area (Å²) >= 11 is 5.17. The number of imidazole rings is 2. The van der Waals surface area contributed by atoms with Crippen molar-refractivity contribution >= 4 is 77.1 Å². The van der Waals surface area contributed by atoms with Crippen LogP contribution in [0.3, 0.4) is 0 Å². The maximum absolute atomic E-state index is 15.2. The van der Waals surface area contributed by atoms with Gasteiger partial charge in [0, 0.05) is 5.75 Å². The Bertz CT molecular complexity index is 2870. The van der Waals surface area contributed by atoms with Crippen LogP contribution >= 0.6 is 37.1 Å². The molecule has 0 amide bonds. The Morgan fingerprint density at radius 1 is 0.877 bits per heavy atom. The van der Waals surface area contributed by atoms with Crippen LogP contribution in [0.2, 0.25) is 0 Å². The molecule has 0 unspecified atom stereocenters. The number of nitrogens with two attached hydrogens (primary N) is 2. The summed E-state index contributed by atoms with van der Waals surface area (Å²) in [6.45, 7) is -6.77. The molecule has 0 aliphatic carbocycles. The second-order valence-electron chi connectivity index (χ2n) is 15.1. The Morgan fingerprint density at radius 3 is 2.20 bits per heavy atom. The first-order valence-corrected chi connectivity index (χ1v) is 26.0. The molecule has 65 heavy (non-hydrogen) atoms. The van der Waals surface area contributed by atoms with Crippen molar-refractivity contribution in [3.8, 4) is 11.5 Å². The van der Waals surface area contributed by atoms with E-state index in [2.05, 4.69) is 52.3 Å². The number of carbonyl (C=O) groups is 1. The van der Waals surface area contributed by atoms with Gasteiger partial charge in [0.25, 0.3) is 5.56 Å². The third-order valence-corrected chi connectivity index (χ3v) is 16.4. The van der Waals surface area contributed by atoms with Gasteiger partial charge in [-0.2, -0.15) is 4.98 Å². The zero-order valence-corrected chi connectivity index (χ0v) is 37.5. The van der Waals surface area contributed by atoms with Gasteiger partial charge in [0.05, 0.1) is 50.1 Å². The van der Waals surface area contributed by atoms with Crippen LogP contribution in [0.25, 0.3) is 22.3 Å². The zero-order chi connectivity index (χ0) is 45.6. The van der Waals surface area contributed by atoms with Crippen molar-refractivity contribution in [2.75, 3.05) is 31.3 Å². The van der Waals surface area contributed by atoms with Crippen LogP contribution in [-0.2, 0) is 33.4 Å². The lowest BCUT2D eigenvalue weighted by molar-refractivity contribution is -0.0464. The molecule has 344 valence electrons. The molecule has 24 nitrogen and oxygen atoms in total. The molecule has 7 heterocycles. The number of aliphatic hydroxyl groups is 2. The fourth-order valence-corrected chi connectivity index (χ4v) is 12.9. The van der Waals surface area contributed by atoms with Crippen molar-refractivity contribution in [2.24, 2.45) is 0 Å². The predicted octanol–water partition coefficient (Wildman–Crippen LogP) is 2.69. The van der Waals surface area contributed by atoms with Gasteiger partial charge in [0.2, 0.25) is 5.95 Å². The van der Waals surface area contributed by atoms with Gasteiger partial charge < -0.3 is 49.7 Å². The van der Waals surface area contributed by atoms with Gasteiger partial charge in [-0.1, -0.05) is 31.3 Å². The molecule has 6 aromatic rings. The highest BCUT2D eigenvalue weighted by Gasteiger charge is 2.52. The minimum atomic E-state index is -4.19. The molecule has 0 radical (unpaired) electrons. The lowest BCUT2D eigenvalue weighted by Gasteiger charge is -2.31. The van der Waals surface area contributed by atoms with E-state index in [0.29, 0.717) is 23.5 Å². The molecule has 3 saturated heterocycles. The number of nitrogen functional groups attached to an aromatic ring is 2.